The van der Waals surface area contributed by atoms with Gasteiger partial charge in [0.05, 0.1) is 12.6 Å². The molecule has 2 heterocycles. The van der Waals surface area contributed by atoms with E-state index in [1.165, 1.54) is 11.1 Å². The molecule has 0 bridgehead atoms. The first kappa shape index (κ1) is 18.9. The van der Waals surface area contributed by atoms with Crippen LogP contribution < -0.4 is 5.32 Å². The van der Waals surface area contributed by atoms with Gasteiger partial charge in [-0.3, -0.25) is 9.59 Å². The number of carbonyl (C=O) groups is 2. The zero-order valence-electron chi connectivity index (χ0n) is 16.3. The van der Waals surface area contributed by atoms with Gasteiger partial charge in [-0.1, -0.05) is 24.3 Å². The van der Waals surface area contributed by atoms with E-state index in [0.717, 1.165) is 51.6 Å². The lowest BCUT2D eigenvalue weighted by Gasteiger charge is -2.31. The van der Waals surface area contributed by atoms with Crippen molar-refractivity contribution in [3.63, 3.8) is 0 Å². The molecule has 148 valence electrons. The van der Waals surface area contributed by atoms with Crippen molar-refractivity contribution in [2.75, 3.05) is 13.1 Å². The van der Waals surface area contributed by atoms with E-state index in [1.807, 2.05) is 17.0 Å². The number of benzene rings is 1. The zero-order chi connectivity index (χ0) is 19.5. The van der Waals surface area contributed by atoms with E-state index in [0.29, 0.717) is 13.1 Å². The van der Waals surface area contributed by atoms with Gasteiger partial charge in [0.25, 0.3) is 0 Å². The Morgan fingerprint density at radius 2 is 1.75 bits per heavy atom. The summed E-state index contributed by atoms with van der Waals surface area (Å²) in [7, 11) is 0. The van der Waals surface area contributed by atoms with Crippen LogP contribution in [0.2, 0.25) is 0 Å². The van der Waals surface area contributed by atoms with Crippen LogP contribution in [0, 0.1) is 17.2 Å². The zero-order valence-corrected chi connectivity index (χ0v) is 16.3. The van der Waals surface area contributed by atoms with Crippen molar-refractivity contribution in [2.45, 2.75) is 63.7 Å². The van der Waals surface area contributed by atoms with E-state index in [1.54, 1.807) is 4.90 Å². The van der Waals surface area contributed by atoms with Gasteiger partial charge in [0.2, 0.25) is 11.8 Å². The Morgan fingerprint density at radius 3 is 2.39 bits per heavy atom. The van der Waals surface area contributed by atoms with Gasteiger partial charge in [0.1, 0.15) is 6.04 Å². The highest BCUT2D eigenvalue weighted by molar-refractivity contribution is 5.80. The fourth-order valence-corrected chi connectivity index (χ4v) is 4.82. The van der Waals surface area contributed by atoms with Crippen LogP contribution in [0.3, 0.4) is 0 Å². The summed E-state index contributed by atoms with van der Waals surface area (Å²) < 4.78 is 0. The number of rotatable bonds is 4. The lowest BCUT2D eigenvalue weighted by atomic mass is 9.85. The average Bonchev–Trinajstić information content (AvgIpc) is 3.38. The van der Waals surface area contributed by atoms with Gasteiger partial charge in [-0.05, 0) is 49.7 Å². The molecule has 1 N–H and O–H groups in total. The summed E-state index contributed by atoms with van der Waals surface area (Å²) >= 11 is 0. The van der Waals surface area contributed by atoms with Crippen LogP contribution in [0.1, 0.15) is 49.7 Å². The minimum atomic E-state index is -0.257. The molecule has 0 radical (unpaired) electrons. The minimum Gasteiger partial charge on any atom is -0.334 e. The molecular formula is C22H28N4O2. The van der Waals surface area contributed by atoms with E-state index < -0.39 is 0 Å². The molecule has 1 aromatic rings. The molecule has 1 saturated carbocycles. The maximum Gasteiger partial charge on any atom is 0.237 e. The molecule has 0 unspecified atom stereocenters. The quantitative estimate of drug-likeness (QED) is 0.869. The summed E-state index contributed by atoms with van der Waals surface area (Å²) in [4.78, 5) is 29.0. The number of likely N-dealkylation sites (tertiary alicyclic amines) is 1. The highest BCUT2D eigenvalue weighted by Crippen LogP contribution is 2.30. The van der Waals surface area contributed by atoms with E-state index in [9.17, 15) is 9.59 Å². The van der Waals surface area contributed by atoms with E-state index in [4.69, 9.17) is 5.26 Å². The van der Waals surface area contributed by atoms with Crippen molar-refractivity contribution < 1.29 is 9.59 Å². The molecule has 6 nitrogen and oxygen atoms in total. The number of nitriles is 1. The first-order valence-electron chi connectivity index (χ1n) is 10.4. The lowest BCUT2D eigenvalue weighted by molar-refractivity contribution is -0.137. The normalized spacial score (nSPS) is 26.8. The summed E-state index contributed by atoms with van der Waals surface area (Å²) in [6, 6.07) is 10.5. The maximum atomic E-state index is 12.9. The summed E-state index contributed by atoms with van der Waals surface area (Å²) in [6.45, 7) is 2.45. The van der Waals surface area contributed by atoms with Gasteiger partial charge in [0.15, 0.2) is 0 Å². The molecule has 6 heteroatoms. The van der Waals surface area contributed by atoms with Crippen LogP contribution in [0.4, 0.5) is 0 Å². The summed E-state index contributed by atoms with van der Waals surface area (Å²) in [6.07, 6.45) is 5.30. The van der Waals surface area contributed by atoms with Crippen LogP contribution in [-0.4, -0.2) is 46.8 Å². The molecule has 4 rings (SSSR count). The first-order valence-corrected chi connectivity index (χ1v) is 10.4. The summed E-state index contributed by atoms with van der Waals surface area (Å²) in [5.41, 5.74) is 2.53. The second-order valence-corrected chi connectivity index (χ2v) is 8.27. The lowest BCUT2D eigenvalue weighted by Crippen LogP contribution is -2.45. The standard InChI is InChI=1S/C22H28N4O2/c23-12-20-6-3-11-26(20)21(27)13-24-19-9-7-16(8-10-19)22(28)25-14-17-4-1-2-5-18(17)15-25/h1-2,4-5,16,19-20,24H,3,6-11,13-15H2/t16-,19-,20-/m0/s1. The molecule has 2 fully saturated rings. The molecule has 1 atom stereocenters. The van der Waals surface area contributed by atoms with Gasteiger partial charge in [-0.2, -0.15) is 5.26 Å². The molecule has 0 spiro atoms. The largest absolute Gasteiger partial charge is 0.334 e. The third kappa shape index (κ3) is 3.90. The van der Waals surface area contributed by atoms with E-state index in [-0.39, 0.29) is 29.8 Å². The monoisotopic (exact) mass is 380 g/mol. The van der Waals surface area contributed by atoms with E-state index in [2.05, 4.69) is 23.5 Å². The van der Waals surface area contributed by atoms with Gasteiger partial charge in [-0.25, -0.2) is 0 Å². The van der Waals surface area contributed by atoms with Crippen molar-refractivity contribution in [3.8, 4) is 6.07 Å². The van der Waals surface area contributed by atoms with Crippen molar-refractivity contribution in [2.24, 2.45) is 5.92 Å². The third-order valence-corrected chi connectivity index (χ3v) is 6.49. The predicted octanol–water partition coefficient (Wildman–Crippen LogP) is 2.19. The Labute approximate surface area is 166 Å². The number of nitrogens with one attached hydrogen (secondary N) is 1. The predicted molar refractivity (Wildman–Crippen MR) is 105 cm³/mol. The van der Waals surface area contributed by atoms with Gasteiger partial charge in [0, 0.05) is 31.6 Å². The van der Waals surface area contributed by atoms with Crippen LogP contribution in [0.25, 0.3) is 0 Å². The van der Waals surface area contributed by atoms with Crippen molar-refractivity contribution >= 4 is 11.8 Å². The Balaban J connectivity index is 1.21. The molecule has 2 aliphatic heterocycles. The molecule has 1 aliphatic carbocycles. The fourth-order valence-electron chi connectivity index (χ4n) is 4.82. The fraction of sp³-hybridized carbons (Fsp3) is 0.591. The van der Waals surface area contributed by atoms with Crippen LogP contribution in [0.15, 0.2) is 24.3 Å². The van der Waals surface area contributed by atoms with Crippen LogP contribution in [0.5, 0.6) is 0 Å². The number of nitrogens with zero attached hydrogens (tertiary/aromatic N) is 3. The number of fused-ring (bicyclic) bond motifs is 1. The third-order valence-electron chi connectivity index (χ3n) is 6.49. The van der Waals surface area contributed by atoms with Crippen LogP contribution >= 0.6 is 0 Å². The Bertz CT molecular complexity index is 754. The SMILES string of the molecule is N#C[C@@H]1CCCN1C(=O)CN[C@H]1CC[C@H](C(=O)N2Cc3ccccc3C2)CC1. The molecular weight excluding hydrogens is 352 g/mol. The van der Waals surface area contributed by atoms with Crippen molar-refractivity contribution in [3.05, 3.63) is 35.4 Å². The van der Waals surface area contributed by atoms with Gasteiger partial charge >= 0.3 is 0 Å². The van der Waals surface area contributed by atoms with Crippen molar-refractivity contribution in [1.29, 1.82) is 5.26 Å². The molecule has 1 aromatic carbocycles. The molecule has 2 amide bonds. The molecule has 3 aliphatic rings. The second-order valence-electron chi connectivity index (χ2n) is 8.27. The summed E-state index contributed by atoms with van der Waals surface area (Å²) in [5, 5.41) is 12.5. The highest BCUT2D eigenvalue weighted by Gasteiger charge is 2.33. The topological polar surface area (TPSA) is 76.4 Å². The Morgan fingerprint density at radius 1 is 1.07 bits per heavy atom. The molecule has 1 saturated heterocycles. The molecule has 0 aromatic heterocycles. The summed E-state index contributed by atoms with van der Waals surface area (Å²) in [5.74, 6) is 0.404. The second kappa shape index (κ2) is 8.32. The first-order chi connectivity index (χ1) is 13.7. The average molecular weight is 380 g/mol. The Kier molecular flexibility index (Phi) is 5.63. The van der Waals surface area contributed by atoms with Crippen LogP contribution in [-0.2, 0) is 22.7 Å². The van der Waals surface area contributed by atoms with Gasteiger partial charge < -0.3 is 15.1 Å². The Hall–Kier alpha value is -2.39. The van der Waals surface area contributed by atoms with Crippen molar-refractivity contribution in [1.82, 2.24) is 15.1 Å². The number of carbonyl (C=O) groups excluding carboxylic acids is 2. The number of hydrogen-bond acceptors (Lipinski definition) is 4. The number of amides is 2. The smallest absolute Gasteiger partial charge is 0.237 e. The van der Waals surface area contributed by atoms with E-state index >= 15 is 0 Å². The van der Waals surface area contributed by atoms with Gasteiger partial charge in [-0.15, -0.1) is 0 Å². The highest BCUT2D eigenvalue weighted by atomic mass is 16.2. The minimum absolute atomic E-state index is 0.0251. The molecule has 28 heavy (non-hydrogen) atoms. The maximum absolute atomic E-state index is 12.9. The number of hydrogen-bond donors (Lipinski definition) is 1.